The zero-order valence-electron chi connectivity index (χ0n) is 21.6. The summed E-state index contributed by atoms with van der Waals surface area (Å²) in [5.74, 6) is -0.363. The molecule has 11 heteroatoms. The zero-order chi connectivity index (χ0) is 26.6. The summed E-state index contributed by atoms with van der Waals surface area (Å²) >= 11 is 6.50. The second-order valence-corrected chi connectivity index (χ2v) is 10.7. The number of ether oxygens (including phenoxy) is 3. The number of hydrogen-bond donors (Lipinski definition) is 0. The van der Waals surface area contributed by atoms with Crippen molar-refractivity contribution in [2.24, 2.45) is 0 Å². The van der Waals surface area contributed by atoms with Crippen LogP contribution in [0, 0.1) is 0 Å². The number of carbonyl (C=O) groups excluding carboxylic acids is 2. The molecule has 1 saturated heterocycles. The van der Waals surface area contributed by atoms with Crippen LogP contribution in [0.1, 0.15) is 64.7 Å². The van der Waals surface area contributed by atoms with Crippen LogP contribution in [0.3, 0.4) is 0 Å². The first kappa shape index (κ1) is 25.1. The molecule has 2 fully saturated rings. The van der Waals surface area contributed by atoms with Crippen LogP contribution < -0.4 is 4.90 Å². The number of aromatic nitrogens is 4. The SMILES string of the molecule is CC[C@H]1O[C@@H](n2cnc3c(N4CC5(CCCC5)c5ccccc54)nc(Cl)nc32)[C@@H](OC(C)=O)C1OC(C)=O. The molecule has 2 aliphatic heterocycles. The highest BCUT2D eigenvalue weighted by Crippen LogP contribution is 2.53. The molecular weight excluding hydrogens is 510 g/mol. The highest BCUT2D eigenvalue weighted by atomic mass is 35.5. The minimum absolute atomic E-state index is 0.0738. The fraction of sp³-hybridized carbons (Fsp3) is 0.519. The molecule has 1 aliphatic carbocycles. The fourth-order valence-corrected chi connectivity index (χ4v) is 6.62. The summed E-state index contributed by atoms with van der Waals surface area (Å²) in [5.41, 5.74) is 3.54. The first-order valence-electron chi connectivity index (χ1n) is 13.1. The molecule has 0 amide bonds. The van der Waals surface area contributed by atoms with Gasteiger partial charge in [0.15, 0.2) is 35.4 Å². The molecule has 4 heterocycles. The van der Waals surface area contributed by atoms with Crippen molar-refractivity contribution >= 4 is 46.2 Å². The van der Waals surface area contributed by atoms with Gasteiger partial charge in [0.25, 0.3) is 0 Å². The standard InChI is InChI=1S/C27H30ClN5O5/c1-4-19-21(36-15(2)34)22(37-16(3)35)25(38-19)33-14-29-20-23(30-26(28)31-24(20)33)32-13-27(11-7-8-12-27)17-9-5-6-10-18(17)32/h5-6,9-10,14,19,21-22,25H,4,7-8,11-13H2,1-3H3/t19-,21?,22+,25-/m1/s1. The summed E-state index contributed by atoms with van der Waals surface area (Å²) in [5, 5.41) is 0.0738. The molecule has 200 valence electrons. The van der Waals surface area contributed by atoms with E-state index in [9.17, 15) is 9.59 Å². The maximum absolute atomic E-state index is 12.0. The van der Waals surface area contributed by atoms with E-state index in [-0.39, 0.29) is 10.7 Å². The van der Waals surface area contributed by atoms with Crippen molar-refractivity contribution in [3.63, 3.8) is 0 Å². The second-order valence-electron chi connectivity index (χ2n) is 10.4. The van der Waals surface area contributed by atoms with E-state index < -0.39 is 36.5 Å². The van der Waals surface area contributed by atoms with Crippen LogP contribution in [0.5, 0.6) is 0 Å². The molecule has 3 aliphatic rings. The van der Waals surface area contributed by atoms with Gasteiger partial charge >= 0.3 is 11.9 Å². The van der Waals surface area contributed by atoms with Crippen molar-refractivity contribution in [1.29, 1.82) is 0 Å². The second kappa shape index (κ2) is 9.50. The van der Waals surface area contributed by atoms with E-state index >= 15 is 0 Å². The summed E-state index contributed by atoms with van der Waals surface area (Å²) in [7, 11) is 0. The molecule has 38 heavy (non-hydrogen) atoms. The minimum Gasteiger partial charge on any atom is -0.456 e. The number of halogens is 1. The molecule has 10 nitrogen and oxygen atoms in total. The summed E-state index contributed by atoms with van der Waals surface area (Å²) in [4.78, 5) is 39.9. The number of benzene rings is 1. The van der Waals surface area contributed by atoms with Crippen LogP contribution in [-0.2, 0) is 29.2 Å². The van der Waals surface area contributed by atoms with Crippen LogP contribution in [0.2, 0.25) is 5.28 Å². The number of hydrogen-bond acceptors (Lipinski definition) is 9. The number of imidazole rings is 1. The first-order valence-corrected chi connectivity index (χ1v) is 13.5. The van der Waals surface area contributed by atoms with Crippen LogP contribution in [0.4, 0.5) is 11.5 Å². The predicted molar refractivity (Wildman–Crippen MR) is 139 cm³/mol. The lowest BCUT2D eigenvalue weighted by Gasteiger charge is -2.25. The lowest BCUT2D eigenvalue weighted by molar-refractivity contribution is -0.165. The Balaban J connectivity index is 1.44. The molecule has 1 unspecified atom stereocenters. The largest absolute Gasteiger partial charge is 0.456 e. The third kappa shape index (κ3) is 4.01. The number of para-hydroxylation sites is 1. The molecule has 6 rings (SSSR count). The summed E-state index contributed by atoms with van der Waals surface area (Å²) in [6, 6.07) is 8.47. The maximum Gasteiger partial charge on any atom is 0.303 e. The number of nitrogens with zero attached hydrogens (tertiary/aromatic N) is 5. The van der Waals surface area contributed by atoms with E-state index in [1.165, 1.54) is 32.3 Å². The summed E-state index contributed by atoms with van der Waals surface area (Å²) in [6.07, 6.45) is 3.87. The van der Waals surface area contributed by atoms with Gasteiger partial charge in [-0.15, -0.1) is 0 Å². The monoisotopic (exact) mass is 539 g/mol. The van der Waals surface area contributed by atoms with Gasteiger partial charge in [0.2, 0.25) is 5.28 Å². The number of anilines is 2. The highest BCUT2D eigenvalue weighted by molar-refractivity contribution is 6.28. The number of fused-ring (bicyclic) bond motifs is 3. The molecule has 0 N–H and O–H groups in total. The minimum atomic E-state index is -0.884. The Morgan fingerprint density at radius 2 is 1.82 bits per heavy atom. The normalized spacial score (nSPS) is 25.7. The van der Waals surface area contributed by atoms with E-state index in [0.717, 1.165) is 25.1 Å². The van der Waals surface area contributed by atoms with Crippen LogP contribution >= 0.6 is 11.6 Å². The third-order valence-corrected chi connectivity index (χ3v) is 8.15. The molecule has 1 aromatic carbocycles. The van der Waals surface area contributed by atoms with Gasteiger partial charge in [0, 0.05) is 31.5 Å². The molecule has 4 atom stereocenters. The quantitative estimate of drug-likeness (QED) is 0.339. The molecule has 3 aromatic rings. The van der Waals surface area contributed by atoms with E-state index in [2.05, 4.69) is 33.1 Å². The molecule has 0 bridgehead atoms. The van der Waals surface area contributed by atoms with Crippen molar-refractivity contribution in [1.82, 2.24) is 19.5 Å². The fourth-order valence-electron chi connectivity index (χ4n) is 6.46. The Bertz CT molecular complexity index is 1400. The van der Waals surface area contributed by atoms with Crippen LogP contribution in [0.15, 0.2) is 30.6 Å². The Morgan fingerprint density at radius 3 is 2.53 bits per heavy atom. The molecule has 0 radical (unpaired) electrons. The third-order valence-electron chi connectivity index (χ3n) is 7.99. The molecular formula is C27H30ClN5O5. The average Bonchev–Trinajstić information content (AvgIpc) is 3.65. The van der Waals surface area contributed by atoms with Gasteiger partial charge in [-0.2, -0.15) is 9.97 Å². The highest BCUT2D eigenvalue weighted by Gasteiger charge is 2.50. The van der Waals surface area contributed by atoms with Gasteiger partial charge in [-0.3, -0.25) is 14.2 Å². The Kier molecular flexibility index (Phi) is 6.26. The van der Waals surface area contributed by atoms with Crippen LogP contribution in [0.25, 0.3) is 11.2 Å². The molecule has 2 aromatic heterocycles. The Morgan fingerprint density at radius 1 is 1.11 bits per heavy atom. The van der Waals surface area contributed by atoms with E-state index in [1.807, 2.05) is 13.0 Å². The first-order chi connectivity index (χ1) is 18.3. The summed E-state index contributed by atoms with van der Waals surface area (Å²) < 4.78 is 19.2. The smallest absolute Gasteiger partial charge is 0.303 e. The lowest BCUT2D eigenvalue weighted by atomic mass is 9.81. The van der Waals surface area contributed by atoms with Gasteiger partial charge in [0.1, 0.15) is 6.10 Å². The van der Waals surface area contributed by atoms with Crippen molar-refractivity contribution in [3.8, 4) is 0 Å². The van der Waals surface area contributed by atoms with E-state index in [4.69, 9.17) is 30.8 Å². The summed E-state index contributed by atoms with van der Waals surface area (Å²) in [6.45, 7) is 5.35. The zero-order valence-corrected chi connectivity index (χ0v) is 22.3. The molecule has 1 saturated carbocycles. The Hall–Kier alpha value is -3.24. The molecule has 1 spiro atoms. The van der Waals surface area contributed by atoms with Crippen molar-refractivity contribution in [2.75, 3.05) is 11.4 Å². The number of esters is 2. The van der Waals surface area contributed by atoms with Gasteiger partial charge in [0.05, 0.1) is 6.33 Å². The number of carbonyl (C=O) groups is 2. The topological polar surface area (TPSA) is 109 Å². The predicted octanol–water partition coefficient (Wildman–Crippen LogP) is 4.61. The number of rotatable bonds is 5. The average molecular weight is 540 g/mol. The van der Waals surface area contributed by atoms with Gasteiger partial charge < -0.3 is 19.1 Å². The Labute approximate surface area is 225 Å². The van der Waals surface area contributed by atoms with Crippen molar-refractivity contribution in [3.05, 3.63) is 41.4 Å². The lowest BCUT2D eigenvalue weighted by Crippen LogP contribution is -2.38. The van der Waals surface area contributed by atoms with Crippen LogP contribution in [-0.4, -0.2) is 56.3 Å². The van der Waals surface area contributed by atoms with Crippen molar-refractivity contribution in [2.45, 2.75) is 82.8 Å². The maximum atomic E-state index is 12.0. The van der Waals surface area contributed by atoms with Gasteiger partial charge in [-0.25, -0.2) is 4.98 Å². The van der Waals surface area contributed by atoms with Crippen molar-refractivity contribution < 1.29 is 23.8 Å². The van der Waals surface area contributed by atoms with E-state index in [0.29, 0.717) is 23.4 Å². The van der Waals surface area contributed by atoms with Gasteiger partial charge in [-0.05, 0) is 42.5 Å². The van der Waals surface area contributed by atoms with E-state index in [1.54, 1.807) is 10.9 Å². The van der Waals surface area contributed by atoms with Gasteiger partial charge in [-0.1, -0.05) is 38.0 Å².